The number of aliphatic hydroxyl groups excluding tert-OH is 6. The maximum Gasteiger partial charge on any atom is 0.472 e. The van der Waals surface area contributed by atoms with Crippen molar-refractivity contribution in [3.05, 3.63) is 0 Å². The van der Waals surface area contributed by atoms with Crippen LogP contribution in [-0.2, 0) is 18.4 Å². The standard InChI is InChI=1S/C51H102NO11P/c1-3-5-7-9-11-13-14-15-16-17-18-19-20-21-22-23-24-25-26-27-28-29-30-31-33-35-37-39-41-45(54)52-43(44(53)40-38-36-34-32-12-10-8-6-4-2)42-62-64(60,61)63-51-49(58)47(56)46(55)48(57)50(51)59/h43-44,46-51,53,55-59H,3-42H2,1-2H3,(H,52,54)(H,60,61)/t43-,44+,46?,47+,48?,49?,50?,51?/m0/s1. The molecule has 1 saturated carbocycles. The van der Waals surface area contributed by atoms with Crippen molar-refractivity contribution in [2.45, 2.75) is 313 Å². The number of nitrogens with one attached hydrogen (secondary N) is 1. The van der Waals surface area contributed by atoms with Crippen LogP contribution in [0.1, 0.15) is 264 Å². The van der Waals surface area contributed by atoms with Gasteiger partial charge in [0.1, 0.15) is 36.6 Å². The third-order valence-corrected chi connectivity index (χ3v) is 14.4. The van der Waals surface area contributed by atoms with Crippen molar-refractivity contribution in [2.75, 3.05) is 6.61 Å². The second kappa shape index (κ2) is 41.3. The van der Waals surface area contributed by atoms with Crippen LogP contribution in [0.2, 0.25) is 0 Å². The smallest absolute Gasteiger partial charge is 0.391 e. The minimum atomic E-state index is -5.05. The fourth-order valence-electron chi connectivity index (χ4n) is 9.03. The van der Waals surface area contributed by atoms with Crippen LogP contribution in [0.25, 0.3) is 0 Å². The summed E-state index contributed by atoms with van der Waals surface area (Å²) in [7, 11) is -5.05. The van der Waals surface area contributed by atoms with Crippen molar-refractivity contribution in [1.82, 2.24) is 5.32 Å². The highest BCUT2D eigenvalue weighted by atomic mass is 31.2. The average Bonchev–Trinajstić information content (AvgIpc) is 3.28. The molecule has 12 nitrogen and oxygen atoms in total. The summed E-state index contributed by atoms with van der Waals surface area (Å²) in [6.07, 6.45) is 34.7. The Bertz CT molecular complexity index is 1090. The normalized spacial score (nSPS) is 22.1. The molecule has 13 heteroatoms. The molecule has 382 valence electrons. The number of phosphoric ester groups is 1. The Morgan fingerprint density at radius 3 is 1.08 bits per heavy atom. The number of aliphatic hydroxyl groups is 6. The molecule has 0 aromatic carbocycles. The maximum absolute atomic E-state index is 13.0. The molecule has 0 radical (unpaired) electrons. The zero-order chi connectivity index (χ0) is 47.1. The molecule has 1 aliphatic rings. The summed E-state index contributed by atoms with van der Waals surface area (Å²) in [4.78, 5) is 23.4. The minimum absolute atomic E-state index is 0.243. The monoisotopic (exact) mass is 936 g/mol. The Kier molecular flexibility index (Phi) is 39.6. The van der Waals surface area contributed by atoms with Crippen LogP contribution in [0.4, 0.5) is 0 Å². The molecule has 0 bridgehead atoms. The van der Waals surface area contributed by atoms with E-state index in [1.54, 1.807) is 0 Å². The molecule has 9 atom stereocenters. The molecule has 1 aliphatic carbocycles. The van der Waals surface area contributed by atoms with Crippen LogP contribution in [0.5, 0.6) is 0 Å². The van der Waals surface area contributed by atoms with Crippen LogP contribution < -0.4 is 5.32 Å². The van der Waals surface area contributed by atoms with E-state index in [2.05, 4.69) is 19.2 Å². The van der Waals surface area contributed by atoms with Crippen molar-refractivity contribution < 1.29 is 53.9 Å². The molecule has 0 spiro atoms. The number of carbonyl (C=O) groups excluding carboxylic acids is 1. The molecule has 0 heterocycles. The lowest BCUT2D eigenvalue weighted by molar-refractivity contribution is -0.220. The lowest BCUT2D eigenvalue weighted by Gasteiger charge is -2.41. The van der Waals surface area contributed by atoms with Gasteiger partial charge in [-0.05, 0) is 12.8 Å². The van der Waals surface area contributed by atoms with Crippen molar-refractivity contribution in [3.63, 3.8) is 0 Å². The fraction of sp³-hybridized carbons (Fsp3) is 0.980. The number of amides is 1. The first kappa shape index (κ1) is 61.4. The molecular formula is C51H102NO11P. The van der Waals surface area contributed by atoms with Gasteiger partial charge >= 0.3 is 7.82 Å². The molecule has 1 amide bonds. The van der Waals surface area contributed by atoms with Crippen molar-refractivity contribution in [2.24, 2.45) is 0 Å². The molecule has 8 N–H and O–H groups in total. The highest BCUT2D eigenvalue weighted by molar-refractivity contribution is 7.47. The highest BCUT2D eigenvalue weighted by Crippen LogP contribution is 2.47. The van der Waals surface area contributed by atoms with Crippen LogP contribution in [-0.4, -0.2) is 96.8 Å². The number of phosphoric acid groups is 1. The van der Waals surface area contributed by atoms with Crippen LogP contribution in [0.3, 0.4) is 0 Å². The molecule has 0 aromatic heterocycles. The quantitative estimate of drug-likeness (QED) is 0.0213. The summed E-state index contributed by atoms with van der Waals surface area (Å²) in [6.45, 7) is 3.89. The van der Waals surface area contributed by atoms with Crippen molar-refractivity contribution >= 4 is 13.7 Å². The van der Waals surface area contributed by atoms with Gasteiger partial charge in [0, 0.05) is 6.42 Å². The summed E-state index contributed by atoms with van der Waals surface area (Å²) >= 11 is 0. The van der Waals surface area contributed by atoms with Gasteiger partial charge < -0.3 is 40.8 Å². The summed E-state index contributed by atoms with van der Waals surface area (Å²) in [5.41, 5.74) is 0. The van der Waals surface area contributed by atoms with E-state index in [0.717, 1.165) is 38.5 Å². The molecule has 6 unspecified atom stereocenters. The minimum Gasteiger partial charge on any atom is -0.391 e. The van der Waals surface area contributed by atoms with E-state index in [4.69, 9.17) is 9.05 Å². The van der Waals surface area contributed by atoms with E-state index in [1.807, 2.05) is 0 Å². The van der Waals surface area contributed by atoms with Gasteiger partial charge in [0.25, 0.3) is 0 Å². The Labute approximate surface area is 391 Å². The molecule has 0 aromatic rings. The van der Waals surface area contributed by atoms with Gasteiger partial charge in [-0.15, -0.1) is 0 Å². The predicted octanol–water partition coefficient (Wildman–Crippen LogP) is 11.4. The Morgan fingerprint density at radius 1 is 0.469 bits per heavy atom. The lowest BCUT2D eigenvalue weighted by atomic mass is 9.85. The highest BCUT2D eigenvalue weighted by Gasteiger charge is 2.51. The summed E-state index contributed by atoms with van der Waals surface area (Å²) < 4.78 is 23.0. The van der Waals surface area contributed by atoms with Gasteiger partial charge in [-0.2, -0.15) is 0 Å². The second-order valence-electron chi connectivity index (χ2n) is 19.4. The largest absolute Gasteiger partial charge is 0.472 e. The number of carbonyl (C=O) groups is 1. The molecule has 64 heavy (non-hydrogen) atoms. The Balaban J connectivity index is 2.20. The lowest BCUT2D eigenvalue weighted by Crippen LogP contribution is -2.64. The van der Waals surface area contributed by atoms with Crippen molar-refractivity contribution in [1.29, 1.82) is 0 Å². The van der Waals surface area contributed by atoms with E-state index >= 15 is 0 Å². The Morgan fingerprint density at radius 2 is 0.750 bits per heavy atom. The number of rotatable bonds is 46. The van der Waals surface area contributed by atoms with E-state index in [-0.39, 0.29) is 12.3 Å². The van der Waals surface area contributed by atoms with Gasteiger partial charge in [-0.3, -0.25) is 13.8 Å². The molecule has 0 saturated heterocycles. The van der Waals surface area contributed by atoms with Crippen molar-refractivity contribution in [3.8, 4) is 0 Å². The second-order valence-corrected chi connectivity index (χ2v) is 20.8. The zero-order valence-corrected chi connectivity index (χ0v) is 42.0. The van der Waals surface area contributed by atoms with E-state index in [9.17, 15) is 44.9 Å². The predicted molar refractivity (Wildman–Crippen MR) is 260 cm³/mol. The first-order chi connectivity index (χ1) is 30.9. The summed E-state index contributed by atoms with van der Waals surface area (Å²) in [5, 5.41) is 64.1. The third-order valence-electron chi connectivity index (χ3n) is 13.4. The van der Waals surface area contributed by atoms with Gasteiger partial charge in [0.05, 0.1) is 18.8 Å². The van der Waals surface area contributed by atoms with Gasteiger partial charge in [0.2, 0.25) is 5.91 Å². The Hall–Kier alpha value is -0.660. The SMILES string of the molecule is CCCCCCCCCCCCCCCCCCCCCCCCCCCCCCC(=O)N[C@@H](COP(=O)(O)OC1C(O)C(O)C(O)[C@@H](O)C1O)[C@H](O)CCCCCCCCCCC. The van der Waals surface area contributed by atoms with Crippen LogP contribution in [0.15, 0.2) is 0 Å². The summed E-state index contributed by atoms with van der Waals surface area (Å²) in [5.74, 6) is -0.304. The number of hydrogen-bond donors (Lipinski definition) is 8. The van der Waals surface area contributed by atoms with Gasteiger partial charge in [-0.1, -0.05) is 245 Å². The zero-order valence-electron chi connectivity index (χ0n) is 41.1. The summed E-state index contributed by atoms with van der Waals surface area (Å²) in [6, 6.07) is -1.02. The van der Waals surface area contributed by atoms with E-state index in [0.29, 0.717) is 19.3 Å². The molecular weight excluding hydrogens is 834 g/mol. The van der Waals surface area contributed by atoms with E-state index in [1.165, 1.54) is 186 Å². The van der Waals surface area contributed by atoms with Gasteiger partial charge in [0.15, 0.2) is 0 Å². The number of hydrogen-bond acceptors (Lipinski definition) is 10. The van der Waals surface area contributed by atoms with E-state index < -0.39 is 63.2 Å². The molecule has 0 aliphatic heterocycles. The first-order valence-corrected chi connectivity index (χ1v) is 28.5. The number of unbranched alkanes of at least 4 members (excludes halogenated alkanes) is 35. The fourth-order valence-corrected chi connectivity index (χ4v) is 10.00. The third kappa shape index (κ3) is 32.2. The van der Waals surface area contributed by atoms with Crippen LogP contribution >= 0.6 is 7.82 Å². The first-order valence-electron chi connectivity index (χ1n) is 27.0. The topological polar surface area (TPSA) is 206 Å². The van der Waals surface area contributed by atoms with Gasteiger partial charge in [-0.25, -0.2) is 4.57 Å². The van der Waals surface area contributed by atoms with Crippen LogP contribution in [0, 0.1) is 0 Å². The molecule has 1 fully saturated rings. The average molecular weight is 936 g/mol. The molecule has 1 rings (SSSR count). The maximum atomic E-state index is 13.0.